The number of hydrogen-bond acceptors (Lipinski definition) is 2. The first kappa shape index (κ1) is 20.9. The number of rotatable bonds is 11. The van der Waals surface area contributed by atoms with Gasteiger partial charge < -0.3 is 9.16 Å². The summed E-state index contributed by atoms with van der Waals surface area (Å²) >= 11 is 0. The Hall–Kier alpha value is -1.42. The van der Waals surface area contributed by atoms with Crippen LogP contribution in [0.25, 0.3) is 0 Å². The van der Waals surface area contributed by atoms with Gasteiger partial charge in [0.1, 0.15) is 0 Å². The third kappa shape index (κ3) is 6.71. The molecule has 0 aliphatic heterocycles. The maximum Gasteiger partial charge on any atom is 0.186 e. The van der Waals surface area contributed by atoms with Crippen molar-refractivity contribution in [3.63, 3.8) is 0 Å². The molecule has 2 rings (SSSR count). The lowest BCUT2D eigenvalue weighted by Gasteiger charge is -2.37. The molecule has 0 fully saturated rings. The summed E-state index contributed by atoms with van der Waals surface area (Å²) in [7, 11) is -1.62. The van der Waals surface area contributed by atoms with Crippen molar-refractivity contribution >= 4 is 8.32 Å². The number of hydrogen-bond donors (Lipinski definition) is 0. The van der Waals surface area contributed by atoms with Crippen molar-refractivity contribution in [2.45, 2.75) is 45.8 Å². The van der Waals surface area contributed by atoms with E-state index in [1.165, 1.54) is 11.1 Å². The Morgan fingerprint density at radius 3 is 1.69 bits per heavy atom. The molecule has 2 nitrogen and oxygen atoms in total. The van der Waals surface area contributed by atoms with E-state index in [0.29, 0.717) is 0 Å². The second kappa shape index (κ2) is 10.1. The first-order chi connectivity index (χ1) is 12.5. The molecule has 0 bridgehead atoms. The molecule has 0 amide bonds. The molecule has 0 unspecified atom stereocenters. The third-order valence-electron chi connectivity index (χ3n) is 5.08. The van der Waals surface area contributed by atoms with Crippen LogP contribution in [0.2, 0.25) is 19.1 Å². The van der Waals surface area contributed by atoms with E-state index < -0.39 is 8.32 Å². The summed E-state index contributed by atoms with van der Waals surface area (Å²) in [4.78, 5) is 0. The largest absolute Gasteiger partial charge is 0.417 e. The Balaban J connectivity index is 2.29. The van der Waals surface area contributed by atoms with Crippen LogP contribution in [-0.4, -0.2) is 28.1 Å². The van der Waals surface area contributed by atoms with E-state index >= 15 is 0 Å². The summed E-state index contributed by atoms with van der Waals surface area (Å²) in [6.45, 7) is 11.1. The van der Waals surface area contributed by atoms with Crippen LogP contribution in [-0.2, 0) is 22.0 Å². The van der Waals surface area contributed by atoms with Crippen molar-refractivity contribution < 1.29 is 9.16 Å². The van der Waals surface area contributed by atoms with Crippen LogP contribution >= 0.6 is 0 Å². The van der Waals surface area contributed by atoms with E-state index in [0.717, 1.165) is 38.7 Å². The van der Waals surface area contributed by atoms with E-state index in [9.17, 15) is 0 Å². The fourth-order valence-electron chi connectivity index (χ4n) is 3.14. The molecule has 0 spiro atoms. The average molecular weight is 371 g/mol. The molecular weight excluding hydrogens is 336 g/mol. The van der Waals surface area contributed by atoms with E-state index in [1.54, 1.807) is 0 Å². The molecule has 0 saturated carbocycles. The minimum Gasteiger partial charge on any atom is -0.417 e. The van der Waals surface area contributed by atoms with Gasteiger partial charge in [0.15, 0.2) is 8.32 Å². The number of benzene rings is 2. The zero-order valence-corrected chi connectivity index (χ0v) is 17.8. The monoisotopic (exact) mass is 370 g/mol. The van der Waals surface area contributed by atoms with Crippen LogP contribution in [0.5, 0.6) is 0 Å². The normalized spacial score (nSPS) is 12.3. The molecule has 2 aromatic rings. The molecule has 3 heteroatoms. The fraction of sp³-hybridized carbons (Fsp3) is 0.478. The van der Waals surface area contributed by atoms with Gasteiger partial charge in [0.25, 0.3) is 0 Å². The molecule has 0 aliphatic carbocycles. The molecule has 0 radical (unpaired) electrons. The third-order valence-corrected chi connectivity index (χ3v) is 7.71. The van der Waals surface area contributed by atoms with E-state index in [1.807, 2.05) is 0 Å². The Kier molecular flexibility index (Phi) is 8.07. The van der Waals surface area contributed by atoms with E-state index in [4.69, 9.17) is 9.16 Å². The predicted octanol–water partition coefficient (Wildman–Crippen LogP) is 5.74. The van der Waals surface area contributed by atoms with Gasteiger partial charge in [-0.1, -0.05) is 67.6 Å². The predicted molar refractivity (Wildman–Crippen MR) is 113 cm³/mol. The Morgan fingerprint density at radius 2 is 1.27 bits per heavy atom. The van der Waals surface area contributed by atoms with Gasteiger partial charge >= 0.3 is 0 Å². The van der Waals surface area contributed by atoms with Crippen LogP contribution in [0.15, 0.2) is 60.7 Å². The molecule has 0 saturated heterocycles. The lowest BCUT2D eigenvalue weighted by molar-refractivity contribution is 0.0158. The van der Waals surface area contributed by atoms with Crippen molar-refractivity contribution in [3.05, 3.63) is 71.8 Å². The fourth-order valence-corrected chi connectivity index (χ4v) is 4.04. The van der Waals surface area contributed by atoms with Crippen LogP contribution in [0, 0.1) is 5.41 Å². The van der Waals surface area contributed by atoms with Gasteiger partial charge in [-0.3, -0.25) is 0 Å². The molecule has 2 aromatic carbocycles. The standard InChI is InChI=1S/C23H34O2Si/c1-5-24-19-23(20-25-26(3,4)6-2,17-21-13-9-7-10-14-21)18-22-15-11-8-12-16-22/h7-16H,5-6,17-20H2,1-4H3. The molecule has 0 heterocycles. The van der Waals surface area contributed by atoms with Crippen molar-refractivity contribution in [2.24, 2.45) is 5.41 Å². The zero-order chi connectivity index (χ0) is 18.9. The van der Waals surface area contributed by atoms with E-state index in [-0.39, 0.29) is 5.41 Å². The van der Waals surface area contributed by atoms with Crippen molar-refractivity contribution in [1.82, 2.24) is 0 Å². The highest BCUT2D eigenvalue weighted by atomic mass is 28.4. The van der Waals surface area contributed by atoms with Gasteiger partial charge in [-0.25, -0.2) is 0 Å². The van der Waals surface area contributed by atoms with Crippen LogP contribution in [0.1, 0.15) is 25.0 Å². The molecule has 0 atom stereocenters. The highest BCUT2D eigenvalue weighted by molar-refractivity contribution is 6.71. The van der Waals surface area contributed by atoms with Crippen LogP contribution in [0.3, 0.4) is 0 Å². The molecule has 142 valence electrons. The summed E-state index contributed by atoms with van der Waals surface area (Å²) in [6.07, 6.45) is 1.94. The smallest absolute Gasteiger partial charge is 0.186 e. The molecule has 26 heavy (non-hydrogen) atoms. The second-order valence-electron chi connectivity index (χ2n) is 7.86. The summed E-state index contributed by atoms with van der Waals surface area (Å²) < 4.78 is 12.5. The SMILES string of the molecule is CCOCC(CO[Si](C)(C)CC)(Cc1ccccc1)Cc1ccccc1. The van der Waals surface area contributed by atoms with Gasteiger partial charge in [0, 0.05) is 18.6 Å². The quantitative estimate of drug-likeness (QED) is 0.470. The van der Waals surface area contributed by atoms with Crippen molar-refractivity contribution in [3.8, 4) is 0 Å². The highest BCUT2D eigenvalue weighted by Crippen LogP contribution is 2.31. The Morgan fingerprint density at radius 1 is 0.769 bits per heavy atom. The van der Waals surface area contributed by atoms with E-state index in [2.05, 4.69) is 87.6 Å². The summed E-state index contributed by atoms with van der Waals surface area (Å²) in [5.41, 5.74) is 2.66. The number of ether oxygens (including phenoxy) is 1. The lowest BCUT2D eigenvalue weighted by Crippen LogP contribution is -2.42. The topological polar surface area (TPSA) is 18.5 Å². The lowest BCUT2D eigenvalue weighted by atomic mass is 9.78. The first-order valence-corrected chi connectivity index (χ1v) is 12.9. The Labute approximate surface area is 160 Å². The average Bonchev–Trinajstić information content (AvgIpc) is 2.66. The van der Waals surface area contributed by atoms with Crippen LogP contribution < -0.4 is 0 Å². The Bertz CT molecular complexity index is 584. The second-order valence-corrected chi connectivity index (χ2v) is 12.4. The highest BCUT2D eigenvalue weighted by Gasteiger charge is 2.34. The maximum absolute atomic E-state index is 6.54. The van der Waals surface area contributed by atoms with Crippen molar-refractivity contribution in [2.75, 3.05) is 19.8 Å². The minimum absolute atomic E-state index is 0.0435. The van der Waals surface area contributed by atoms with Gasteiger partial charge in [0.2, 0.25) is 0 Å². The van der Waals surface area contributed by atoms with Gasteiger partial charge in [-0.15, -0.1) is 0 Å². The summed E-state index contributed by atoms with van der Waals surface area (Å²) in [5, 5.41) is 0. The molecule has 0 aromatic heterocycles. The molecular formula is C23H34O2Si. The maximum atomic E-state index is 6.54. The van der Waals surface area contributed by atoms with Crippen molar-refractivity contribution in [1.29, 1.82) is 0 Å². The zero-order valence-electron chi connectivity index (χ0n) is 16.8. The summed E-state index contributed by atoms with van der Waals surface area (Å²) in [5.74, 6) is 0. The van der Waals surface area contributed by atoms with Gasteiger partial charge in [-0.05, 0) is 50.0 Å². The van der Waals surface area contributed by atoms with Crippen LogP contribution in [0.4, 0.5) is 0 Å². The van der Waals surface area contributed by atoms with Gasteiger partial charge in [0.05, 0.1) is 6.61 Å². The molecule has 0 aliphatic rings. The minimum atomic E-state index is -1.62. The summed E-state index contributed by atoms with van der Waals surface area (Å²) in [6, 6.07) is 22.6. The first-order valence-electron chi connectivity index (χ1n) is 9.78. The van der Waals surface area contributed by atoms with Gasteiger partial charge in [-0.2, -0.15) is 0 Å². The molecule has 0 N–H and O–H groups in total.